The highest BCUT2D eigenvalue weighted by atomic mass is 32.1. The largest absolute Gasteiger partial charge is 0.497 e. The molecule has 1 atom stereocenters. The molecule has 3 aromatic rings. The van der Waals surface area contributed by atoms with Crippen LogP contribution in [0.4, 0.5) is 0 Å². The third-order valence-electron chi connectivity index (χ3n) is 4.58. The predicted molar refractivity (Wildman–Crippen MR) is 99.8 cm³/mol. The van der Waals surface area contributed by atoms with Gasteiger partial charge in [-0.25, -0.2) is 0 Å². The van der Waals surface area contributed by atoms with Crippen molar-refractivity contribution in [1.82, 2.24) is 0 Å². The number of carbonyl (C=O) groups is 1. The van der Waals surface area contributed by atoms with Gasteiger partial charge in [0, 0.05) is 16.0 Å². The van der Waals surface area contributed by atoms with E-state index in [9.17, 15) is 4.79 Å². The van der Waals surface area contributed by atoms with Crippen LogP contribution >= 0.6 is 11.3 Å². The van der Waals surface area contributed by atoms with E-state index in [2.05, 4.69) is 42.5 Å². The molecule has 0 aliphatic heterocycles. The molecule has 1 aliphatic carbocycles. The quantitative estimate of drug-likeness (QED) is 0.637. The molecule has 4 rings (SSSR count). The summed E-state index contributed by atoms with van der Waals surface area (Å²) >= 11 is 1.77. The average molecular weight is 334 g/mol. The van der Waals surface area contributed by atoms with Crippen molar-refractivity contribution < 1.29 is 9.53 Å². The summed E-state index contributed by atoms with van der Waals surface area (Å²) in [6.07, 6.45) is 3.33. The monoisotopic (exact) mass is 334 g/mol. The molecule has 0 fully saturated rings. The Kier molecular flexibility index (Phi) is 3.95. The van der Waals surface area contributed by atoms with Crippen molar-refractivity contribution in [2.75, 3.05) is 7.11 Å². The van der Waals surface area contributed by atoms with Gasteiger partial charge in [0.15, 0.2) is 5.78 Å². The van der Waals surface area contributed by atoms with E-state index in [4.69, 9.17) is 4.74 Å². The van der Waals surface area contributed by atoms with Crippen LogP contribution in [0.2, 0.25) is 0 Å². The third-order valence-corrected chi connectivity index (χ3v) is 5.77. The number of rotatable bonds is 3. The van der Waals surface area contributed by atoms with Gasteiger partial charge >= 0.3 is 0 Å². The maximum atomic E-state index is 12.3. The lowest BCUT2D eigenvalue weighted by molar-refractivity contribution is -0.115. The molecule has 1 heterocycles. The van der Waals surface area contributed by atoms with Gasteiger partial charge in [0.2, 0.25) is 0 Å². The summed E-state index contributed by atoms with van der Waals surface area (Å²) in [5.41, 5.74) is 2.36. The molecule has 0 amide bonds. The van der Waals surface area contributed by atoms with E-state index in [-0.39, 0.29) is 11.7 Å². The minimum atomic E-state index is 0.217. The van der Waals surface area contributed by atoms with Crippen LogP contribution in [0.3, 0.4) is 0 Å². The number of hydrogen-bond donors (Lipinski definition) is 0. The zero-order valence-corrected chi connectivity index (χ0v) is 14.3. The van der Waals surface area contributed by atoms with Crippen molar-refractivity contribution in [2.45, 2.75) is 18.8 Å². The molecular formula is C21H18O2S. The Morgan fingerprint density at radius 2 is 1.83 bits per heavy atom. The van der Waals surface area contributed by atoms with Crippen LogP contribution in [0.5, 0.6) is 5.75 Å². The molecule has 0 spiro atoms. The number of carbonyl (C=O) groups excluding carboxylic acids is 1. The minimum absolute atomic E-state index is 0.217. The lowest BCUT2D eigenvalue weighted by atomic mass is 9.82. The highest BCUT2D eigenvalue weighted by Gasteiger charge is 2.24. The van der Waals surface area contributed by atoms with Gasteiger partial charge < -0.3 is 4.74 Å². The molecule has 0 radical (unpaired) electrons. The number of fused-ring (bicyclic) bond motifs is 1. The Morgan fingerprint density at radius 1 is 1.04 bits per heavy atom. The highest BCUT2D eigenvalue weighted by molar-refractivity contribution is 7.20. The van der Waals surface area contributed by atoms with Gasteiger partial charge in [-0.3, -0.25) is 4.79 Å². The standard InChI is InChI=1S/C21H18O2S/c1-23-19-8-6-14(7-9-19)16-10-17(12-18(22)11-16)21-13-15-4-2-3-5-20(15)24-21/h2-9,12-13,16H,10-11H2,1H3/t16-/m1/s1. The molecule has 0 N–H and O–H groups in total. The van der Waals surface area contributed by atoms with E-state index in [0.717, 1.165) is 17.7 Å². The van der Waals surface area contributed by atoms with E-state index in [1.54, 1.807) is 18.4 Å². The third kappa shape index (κ3) is 2.87. The van der Waals surface area contributed by atoms with Gasteiger partial charge in [-0.05, 0) is 59.2 Å². The summed E-state index contributed by atoms with van der Waals surface area (Å²) in [5.74, 6) is 1.31. The second kappa shape index (κ2) is 6.25. The Morgan fingerprint density at radius 3 is 2.58 bits per heavy atom. The fraction of sp³-hybridized carbons (Fsp3) is 0.190. The summed E-state index contributed by atoms with van der Waals surface area (Å²) in [6, 6.07) is 18.7. The maximum Gasteiger partial charge on any atom is 0.156 e. The van der Waals surface area contributed by atoms with Crippen LogP contribution in [0.15, 0.2) is 60.7 Å². The summed E-state index contributed by atoms with van der Waals surface area (Å²) in [7, 11) is 1.67. The molecule has 0 saturated carbocycles. The first-order valence-corrected chi connectivity index (χ1v) is 8.91. The summed E-state index contributed by atoms with van der Waals surface area (Å²) in [4.78, 5) is 13.5. The number of ketones is 1. The van der Waals surface area contributed by atoms with Crippen molar-refractivity contribution in [3.05, 3.63) is 71.1 Å². The topological polar surface area (TPSA) is 26.3 Å². The molecule has 2 nitrogen and oxygen atoms in total. The van der Waals surface area contributed by atoms with Gasteiger partial charge in [-0.1, -0.05) is 30.3 Å². The lowest BCUT2D eigenvalue weighted by Gasteiger charge is -2.22. The van der Waals surface area contributed by atoms with E-state index in [1.165, 1.54) is 20.5 Å². The minimum Gasteiger partial charge on any atom is -0.497 e. The van der Waals surface area contributed by atoms with Crippen molar-refractivity contribution in [1.29, 1.82) is 0 Å². The number of hydrogen-bond acceptors (Lipinski definition) is 3. The van der Waals surface area contributed by atoms with Crippen LogP contribution in [-0.2, 0) is 4.79 Å². The molecule has 0 saturated heterocycles. The molecule has 120 valence electrons. The number of methoxy groups -OCH3 is 1. The number of allylic oxidation sites excluding steroid dienone is 2. The number of thiophene rings is 1. The molecule has 0 bridgehead atoms. The van der Waals surface area contributed by atoms with Crippen molar-refractivity contribution in [3.8, 4) is 5.75 Å². The van der Waals surface area contributed by atoms with E-state index < -0.39 is 0 Å². The Labute approximate surface area is 145 Å². The van der Waals surface area contributed by atoms with Crippen molar-refractivity contribution in [2.24, 2.45) is 0 Å². The summed E-state index contributed by atoms with van der Waals surface area (Å²) in [5, 5.41) is 1.25. The predicted octanol–water partition coefficient (Wildman–Crippen LogP) is 5.44. The number of ether oxygens (including phenoxy) is 1. The molecule has 24 heavy (non-hydrogen) atoms. The molecule has 2 aromatic carbocycles. The Hall–Kier alpha value is -2.39. The smallest absolute Gasteiger partial charge is 0.156 e. The molecule has 3 heteroatoms. The zero-order valence-electron chi connectivity index (χ0n) is 13.5. The average Bonchev–Trinajstić information content (AvgIpc) is 3.05. The van der Waals surface area contributed by atoms with Crippen LogP contribution in [-0.4, -0.2) is 12.9 Å². The Balaban J connectivity index is 1.65. The van der Waals surface area contributed by atoms with Crippen molar-refractivity contribution in [3.63, 3.8) is 0 Å². The molecule has 1 aliphatic rings. The first kappa shape index (κ1) is 15.2. The first-order valence-electron chi connectivity index (χ1n) is 8.09. The van der Waals surface area contributed by atoms with Crippen LogP contribution < -0.4 is 4.74 Å². The van der Waals surface area contributed by atoms with Gasteiger partial charge in [0.1, 0.15) is 5.75 Å². The second-order valence-corrected chi connectivity index (χ2v) is 7.25. The summed E-state index contributed by atoms with van der Waals surface area (Å²) < 4.78 is 6.50. The van der Waals surface area contributed by atoms with Crippen LogP contribution in [0, 0.1) is 0 Å². The fourth-order valence-electron chi connectivity index (χ4n) is 3.32. The SMILES string of the molecule is COc1ccc([C@H]2CC(=O)C=C(c3cc4ccccc4s3)C2)cc1. The van der Waals surface area contributed by atoms with E-state index >= 15 is 0 Å². The van der Waals surface area contributed by atoms with Crippen LogP contribution in [0.1, 0.15) is 29.2 Å². The Bertz CT molecular complexity index is 885. The van der Waals surface area contributed by atoms with E-state index in [1.807, 2.05) is 18.2 Å². The molecule has 1 aromatic heterocycles. The van der Waals surface area contributed by atoms with Gasteiger partial charge in [-0.2, -0.15) is 0 Å². The normalized spacial score (nSPS) is 17.8. The highest BCUT2D eigenvalue weighted by Crippen LogP contribution is 2.40. The fourth-order valence-corrected chi connectivity index (χ4v) is 4.40. The lowest BCUT2D eigenvalue weighted by Crippen LogP contribution is -2.12. The summed E-state index contributed by atoms with van der Waals surface area (Å²) in [6.45, 7) is 0. The second-order valence-electron chi connectivity index (χ2n) is 6.16. The first-order chi connectivity index (χ1) is 11.7. The van der Waals surface area contributed by atoms with Gasteiger partial charge in [0.05, 0.1) is 7.11 Å². The van der Waals surface area contributed by atoms with E-state index in [0.29, 0.717) is 6.42 Å². The maximum absolute atomic E-state index is 12.3. The van der Waals surface area contributed by atoms with Gasteiger partial charge in [0.25, 0.3) is 0 Å². The van der Waals surface area contributed by atoms with Crippen LogP contribution in [0.25, 0.3) is 15.7 Å². The van der Waals surface area contributed by atoms with Gasteiger partial charge in [-0.15, -0.1) is 11.3 Å². The van der Waals surface area contributed by atoms with Crippen molar-refractivity contribution >= 4 is 32.8 Å². The zero-order chi connectivity index (χ0) is 16.5. The number of benzene rings is 2. The molecule has 0 unspecified atom stereocenters. The molecular weight excluding hydrogens is 316 g/mol.